The third kappa shape index (κ3) is 4.70. The third-order valence-electron chi connectivity index (χ3n) is 6.12. The zero-order chi connectivity index (χ0) is 22.5. The number of hydrogen-bond donors (Lipinski definition) is 0. The molecule has 0 aliphatic carbocycles. The molecule has 6 heteroatoms. The van der Waals surface area contributed by atoms with E-state index in [2.05, 4.69) is 23.9 Å². The van der Waals surface area contributed by atoms with Crippen molar-refractivity contribution in [3.05, 3.63) is 71.3 Å². The minimum Gasteiger partial charge on any atom is -0.378 e. The van der Waals surface area contributed by atoms with Gasteiger partial charge in [0.05, 0.1) is 25.3 Å². The summed E-state index contributed by atoms with van der Waals surface area (Å²) in [5, 5.41) is 4.45. The van der Waals surface area contributed by atoms with Gasteiger partial charge in [0.25, 0.3) is 5.91 Å². The summed E-state index contributed by atoms with van der Waals surface area (Å²) in [6.07, 6.45) is 0.858. The monoisotopic (exact) mass is 433 g/mol. The minimum atomic E-state index is 0.0208. The lowest BCUT2D eigenvalue weighted by Crippen LogP contribution is -2.39. The molecule has 1 unspecified atom stereocenters. The number of ether oxygens (including phenoxy) is 1. The first-order valence-corrected chi connectivity index (χ1v) is 11.3. The molecule has 6 nitrogen and oxygen atoms in total. The molecule has 2 aromatic carbocycles. The predicted octanol–water partition coefficient (Wildman–Crippen LogP) is 4.93. The summed E-state index contributed by atoms with van der Waals surface area (Å²) in [6.45, 7) is 9.44. The maximum atomic E-state index is 13.6. The van der Waals surface area contributed by atoms with E-state index in [0.717, 1.165) is 47.8 Å². The molecule has 1 atom stereocenters. The molecule has 1 amide bonds. The fraction of sp³-hybridized carbons (Fsp3) is 0.385. The average molecular weight is 434 g/mol. The van der Waals surface area contributed by atoms with Crippen LogP contribution in [0.1, 0.15) is 41.8 Å². The fourth-order valence-corrected chi connectivity index (χ4v) is 3.96. The Morgan fingerprint density at radius 1 is 1.09 bits per heavy atom. The van der Waals surface area contributed by atoms with Crippen molar-refractivity contribution >= 4 is 11.8 Å². The molecule has 1 fully saturated rings. The number of benzene rings is 2. The third-order valence-corrected chi connectivity index (χ3v) is 6.12. The first kappa shape index (κ1) is 22.1. The summed E-state index contributed by atoms with van der Waals surface area (Å²) in [4.78, 5) is 17.7. The van der Waals surface area contributed by atoms with E-state index >= 15 is 0 Å². The highest BCUT2D eigenvalue weighted by Crippen LogP contribution is 2.34. The van der Waals surface area contributed by atoms with Crippen LogP contribution in [0.25, 0.3) is 11.3 Å². The molecular weight excluding hydrogens is 402 g/mol. The van der Waals surface area contributed by atoms with Crippen molar-refractivity contribution < 1.29 is 14.1 Å². The highest BCUT2D eigenvalue weighted by Gasteiger charge is 2.29. The summed E-state index contributed by atoms with van der Waals surface area (Å²) in [5.41, 5.74) is 4.55. The Hall–Kier alpha value is -3.12. The van der Waals surface area contributed by atoms with Gasteiger partial charge in [-0.2, -0.15) is 0 Å². The Labute approximate surface area is 189 Å². The van der Waals surface area contributed by atoms with E-state index in [0.29, 0.717) is 25.3 Å². The van der Waals surface area contributed by atoms with Crippen molar-refractivity contribution in [2.24, 2.45) is 0 Å². The van der Waals surface area contributed by atoms with Gasteiger partial charge in [0, 0.05) is 30.3 Å². The molecule has 0 radical (unpaired) electrons. The second kappa shape index (κ2) is 10.0. The van der Waals surface area contributed by atoms with Gasteiger partial charge in [0.2, 0.25) is 5.88 Å². The highest BCUT2D eigenvalue weighted by atomic mass is 16.5. The number of carbonyl (C=O) groups excluding carboxylic acids is 1. The lowest BCUT2D eigenvalue weighted by atomic mass is 10.0. The number of nitrogens with zero attached hydrogens (tertiary/aromatic N) is 3. The van der Waals surface area contributed by atoms with Crippen LogP contribution in [0.5, 0.6) is 0 Å². The zero-order valence-corrected chi connectivity index (χ0v) is 19.1. The number of anilines is 1. The van der Waals surface area contributed by atoms with Gasteiger partial charge in [-0.1, -0.05) is 60.1 Å². The maximum Gasteiger partial charge on any atom is 0.254 e. The average Bonchev–Trinajstić information content (AvgIpc) is 3.27. The van der Waals surface area contributed by atoms with Crippen LogP contribution in [0, 0.1) is 6.92 Å². The summed E-state index contributed by atoms with van der Waals surface area (Å²) in [6, 6.07) is 17.9. The van der Waals surface area contributed by atoms with Crippen molar-refractivity contribution in [2.75, 3.05) is 31.2 Å². The first-order valence-electron chi connectivity index (χ1n) is 11.3. The molecule has 3 aromatic rings. The second-order valence-electron chi connectivity index (χ2n) is 8.34. The molecular formula is C26H31N3O3. The Morgan fingerprint density at radius 3 is 2.44 bits per heavy atom. The molecule has 1 saturated heterocycles. The van der Waals surface area contributed by atoms with Gasteiger partial charge in [-0.3, -0.25) is 4.79 Å². The van der Waals surface area contributed by atoms with Gasteiger partial charge in [-0.15, -0.1) is 0 Å². The Bertz CT molecular complexity index is 1020. The number of rotatable bonds is 7. The van der Waals surface area contributed by atoms with Gasteiger partial charge in [-0.05, 0) is 32.4 Å². The molecule has 168 valence electrons. The largest absolute Gasteiger partial charge is 0.378 e. The van der Waals surface area contributed by atoms with Crippen LogP contribution in [-0.4, -0.2) is 48.3 Å². The van der Waals surface area contributed by atoms with Crippen molar-refractivity contribution in [3.8, 4) is 11.3 Å². The lowest BCUT2D eigenvalue weighted by molar-refractivity contribution is 0.0671. The Morgan fingerprint density at radius 2 is 1.78 bits per heavy atom. The molecule has 0 saturated carbocycles. The van der Waals surface area contributed by atoms with Crippen LogP contribution in [-0.2, 0) is 11.3 Å². The number of aryl methyl sites for hydroxylation is 1. The standard InChI is InChI=1S/C26H31N3O3/c1-4-20(3)29(25(30)22-12-10-19(2)11-13-22)18-23-24(21-8-6-5-7-9-21)27-32-26(23)28-14-16-31-17-15-28/h5-13,20H,4,14-18H2,1-3H3. The van der Waals surface area contributed by atoms with Crippen molar-refractivity contribution in [1.29, 1.82) is 0 Å². The fourth-order valence-electron chi connectivity index (χ4n) is 3.96. The normalized spacial score (nSPS) is 14.9. The van der Waals surface area contributed by atoms with Gasteiger partial charge >= 0.3 is 0 Å². The lowest BCUT2D eigenvalue weighted by Gasteiger charge is -2.31. The quantitative estimate of drug-likeness (QED) is 0.529. The van der Waals surface area contributed by atoms with E-state index in [4.69, 9.17) is 9.26 Å². The molecule has 1 aliphatic rings. The molecule has 2 heterocycles. The predicted molar refractivity (Wildman–Crippen MR) is 126 cm³/mol. The van der Waals surface area contributed by atoms with Crippen LogP contribution < -0.4 is 4.90 Å². The smallest absolute Gasteiger partial charge is 0.254 e. The first-order chi connectivity index (χ1) is 15.6. The van der Waals surface area contributed by atoms with Crippen molar-refractivity contribution in [3.63, 3.8) is 0 Å². The van der Waals surface area contributed by atoms with E-state index in [-0.39, 0.29) is 11.9 Å². The Kier molecular flexibility index (Phi) is 6.90. The number of amides is 1. The molecule has 4 rings (SSSR count). The van der Waals surface area contributed by atoms with Crippen LogP contribution >= 0.6 is 0 Å². The highest BCUT2D eigenvalue weighted by molar-refractivity contribution is 5.94. The molecule has 0 bridgehead atoms. The van der Waals surface area contributed by atoms with E-state index < -0.39 is 0 Å². The number of hydrogen-bond acceptors (Lipinski definition) is 5. The number of aromatic nitrogens is 1. The van der Waals surface area contributed by atoms with Gasteiger partial charge in [0.1, 0.15) is 5.69 Å². The molecule has 0 spiro atoms. The Balaban J connectivity index is 1.73. The maximum absolute atomic E-state index is 13.6. The van der Waals surface area contributed by atoms with Crippen LogP contribution in [0.3, 0.4) is 0 Å². The van der Waals surface area contributed by atoms with Crippen LogP contribution in [0.2, 0.25) is 0 Å². The van der Waals surface area contributed by atoms with Gasteiger partial charge in [0.15, 0.2) is 0 Å². The number of morpholine rings is 1. The van der Waals surface area contributed by atoms with Gasteiger partial charge < -0.3 is 19.1 Å². The molecule has 1 aliphatic heterocycles. The molecule has 1 aromatic heterocycles. The van der Waals surface area contributed by atoms with Crippen molar-refractivity contribution in [2.45, 2.75) is 39.8 Å². The SMILES string of the molecule is CCC(C)N(Cc1c(-c2ccccc2)noc1N1CCOCC1)C(=O)c1ccc(C)cc1. The molecule has 0 N–H and O–H groups in total. The zero-order valence-electron chi connectivity index (χ0n) is 19.1. The van der Waals surface area contributed by atoms with Crippen LogP contribution in [0.15, 0.2) is 59.1 Å². The topological polar surface area (TPSA) is 58.8 Å². The van der Waals surface area contributed by atoms with E-state index in [1.165, 1.54) is 0 Å². The van der Waals surface area contributed by atoms with E-state index in [1.807, 2.05) is 66.4 Å². The summed E-state index contributed by atoms with van der Waals surface area (Å²) < 4.78 is 11.4. The number of carbonyl (C=O) groups is 1. The van der Waals surface area contributed by atoms with Crippen molar-refractivity contribution in [1.82, 2.24) is 10.1 Å². The second-order valence-corrected chi connectivity index (χ2v) is 8.34. The van der Waals surface area contributed by atoms with E-state index in [9.17, 15) is 4.79 Å². The van der Waals surface area contributed by atoms with Crippen LogP contribution in [0.4, 0.5) is 5.88 Å². The summed E-state index contributed by atoms with van der Waals surface area (Å²) in [7, 11) is 0. The minimum absolute atomic E-state index is 0.0208. The van der Waals surface area contributed by atoms with Gasteiger partial charge in [-0.25, -0.2) is 0 Å². The summed E-state index contributed by atoms with van der Waals surface area (Å²) in [5.74, 6) is 0.754. The molecule has 32 heavy (non-hydrogen) atoms. The summed E-state index contributed by atoms with van der Waals surface area (Å²) >= 11 is 0. The van der Waals surface area contributed by atoms with E-state index in [1.54, 1.807) is 0 Å².